The summed E-state index contributed by atoms with van der Waals surface area (Å²) >= 11 is 5.91. The Labute approximate surface area is 108 Å². The van der Waals surface area contributed by atoms with E-state index in [4.69, 9.17) is 16.3 Å². The zero-order valence-corrected chi connectivity index (χ0v) is 10.3. The molecule has 18 heavy (non-hydrogen) atoms. The van der Waals surface area contributed by atoms with Gasteiger partial charge < -0.3 is 9.57 Å². The first kappa shape index (κ1) is 13.1. The lowest BCUT2D eigenvalue weighted by atomic mass is 10.1. The quantitative estimate of drug-likeness (QED) is 0.791. The van der Waals surface area contributed by atoms with Gasteiger partial charge in [0.1, 0.15) is 5.75 Å². The maximum atomic E-state index is 12.0. The second-order valence-corrected chi connectivity index (χ2v) is 4.25. The molecule has 1 aliphatic heterocycles. The largest absolute Gasteiger partial charge is 0.493 e. The van der Waals surface area contributed by atoms with Gasteiger partial charge in [0.15, 0.2) is 6.61 Å². The SMILES string of the molecule is FC(F)CO/N=C1\CCCOc2ccc(Cl)cc21. The minimum Gasteiger partial charge on any atom is -0.493 e. The van der Waals surface area contributed by atoms with Crippen molar-refractivity contribution in [2.45, 2.75) is 19.3 Å². The third-order valence-corrected chi connectivity index (χ3v) is 2.68. The number of fused-ring (bicyclic) bond motifs is 1. The zero-order chi connectivity index (χ0) is 13.0. The minimum atomic E-state index is -2.53. The highest BCUT2D eigenvalue weighted by Gasteiger charge is 2.16. The summed E-state index contributed by atoms with van der Waals surface area (Å²) in [5.74, 6) is 0.649. The van der Waals surface area contributed by atoms with E-state index in [2.05, 4.69) is 9.99 Å². The molecule has 1 aliphatic rings. The molecule has 0 aromatic heterocycles. The van der Waals surface area contributed by atoms with Gasteiger partial charge in [-0.25, -0.2) is 8.78 Å². The molecule has 3 nitrogen and oxygen atoms in total. The predicted octanol–water partition coefficient (Wildman–Crippen LogP) is 3.50. The fourth-order valence-corrected chi connectivity index (χ4v) is 1.85. The molecular formula is C12H12ClF2NO2. The van der Waals surface area contributed by atoms with Gasteiger partial charge in [-0.05, 0) is 31.0 Å². The molecule has 0 atom stereocenters. The van der Waals surface area contributed by atoms with Crippen LogP contribution in [0.3, 0.4) is 0 Å². The van der Waals surface area contributed by atoms with Crippen LogP contribution < -0.4 is 4.74 Å². The summed E-state index contributed by atoms with van der Waals surface area (Å²) in [5, 5.41) is 4.31. The summed E-state index contributed by atoms with van der Waals surface area (Å²) in [7, 11) is 0. The van der Waals surface area contributed by atoms with Crippen LogP contribution in [0.15, 0.2) is 23.4 Å². The van der Waals surface area contributed by atoms with Crippen LogP contribution in [-0.4, -0.2) is 25.4 Å². The maximum Gasteiger partial charge on any atom is 0.274 e. The van der Waals surface area contributed by atoms with Gasteiger partial charge in [-0.15, -0.1) is 0 Å². The summed E-state index contributed by atoms with van der Waals surface area (Å²) < 4.78 is 29.5. The Morgan fingerprint density at radius 1 is 1.44 bits per heavy atom. The number of hydrogen-bond acceptors (Lipinski definition) is 3. The average molecular weight is 276 g/mol. The number of benzene rings is 1. The average Bonchev–Trinajstić information content (AvgIpc) is 2.51. The van der Waals surface area contributed by atoms with Crippen molar-refractivity contribution < 1.29 is 18.4 Å². The Balaban J connectivity index is 2.23. The Kier molecular flexibility index (Phi) is 4.36. The Morgan fingerprint density at radius 3 is 3.06 bits per heavy atom. The van der Waals surface area contributed by atoms with Crippen molar-refractivity contribution in [2.75, 3.05) is 13.2 Å². The van der Waals surface area contributed by atoms with E-state index in [0.29, 0.717) is 35.1 Å². The monoisotopic (exact) mass is 275 g/mol. The molecule has 0 radical (unpaired) electrons. The van der Waals surface area contributed by atoms with Crippen LogP contribution in [0.4, 0.5) is 8.78 Å². The molecule has 0 N–H and O–H groups in total. The van der Waals surface area contributed by atoms with Gasteiger partial charge in [0.2, 0.25) is 0 Å². The summed E-state index contributed by atoms with van der Waals surface area (Å²) in [4.78, 5) is 4.63. The smallest absolute Gasteiger partial charge is 0.274 e. The highest BCUT2D eigenvalue weighted by atomic mass is 35.5. The van der Waals surface area contributed by atoms with Crippen molar-refractivity contribution in [3.05, 3.63) is 28.8 Å². The maximum absolute atomic E-state index is 12.0. The van der Waals surface area contributed by atoms with Crippen molar-refractivity contribution >= 4 is 17.3 Å². The van der Waals surface area contributed by atoms with Crippen LogP contribution >= 0.6 is 11.6 Å². The molecule has 0 saturated heterocycles. The van der Waals surface area contributed by atoms with E-state index in [0.717, 1.165) is 6.42 Å². The van der Waals surface area contributed by atoms with Crippen molar-refractivity contribution in [3.63, 3.8) is 0 Å². The zero-order valence-electron chi connectivity index (χ0n) is 9.54. The molecule has 0 spiro atoms. The van der Waals surface area contributed by atoms with E-state index in [1.807, 2.05) is 0 Å². The normalized spacial score (nSPS) is 17.2. The van der Waals surface area contributed by atoms with E-state index in [1.165, 1.54) is 0 Å². The van der Waals surface area contributed by atoms with Crippen molar-refractivity contribution in [1.82, 2.24) is 0 Å². The molecular weight excluding hydrogens is 264 g/mol. The van der Waals surface area contributed by atoms with E-state index < -0.39 is 13.0 Å². The van der Waals surface area contributed by atoms with Crippen LogP contribution in [0.2, 0.25) is 5.02 Å². The van der Waals surface area contributed by atoms with Crippen LogP contribution in [0.1, 0.15) is 18.4 Å². The topological polar surface area (TPSA) is 30.8 Å². The molecule has 6 heteroatoms. The Morgan fingerprint density at radius 2 is 2.28 bits per heavy atom. The number of rotatable bonds is 3. The van der Waals surface area contributed by atoms with Gasteiger partial charge >= 0.3 is 0 Å². The summed E-state index contributed by atoms with van der Waals surface area (Å²) in [6.45, 7) is -0.150. The standard InChI is InChI=1S/C12H12ClF2NO2/c13-8-3-4-11-9(6-8)10(2-1-5-17-11)16-18-7-12(14)15/h3-4,6,12H,1-2,5,7H2/b16-10+. The number of oxime groups is 1. The first-order valence-electron chi connectivity index (χ1n) is 5.56. The van der Waals surface area contributed by atoms with Crippen LogP contribution in [0.25, 0.3) is 0 Å². The van der Waals surface area contributed by atoms with Crippen LogP contribution in [-0.2, 0) is 4.84 Å². The van der Waals surface area contributed by atoms with Crippen molar-refractivity contribution in [2.24, 2.45) is 5.16 Å². The highest BCUT2D eigenvalue weighted by molar-refractivity contribution is 6.31. The van der Waals surface area contributed by atoms with Gasteiger partial charge in [-0.3, -0.25) is 0 Å². The summed E-state index contributed by atoms with van der Waals surface area (Å²) in [6.07, 6.45) is -1.17. The molecule has 0 aliphatic carbocycles. The number of hydrogen-bond donors (Lipinski definition) is 0. The van der Waals surface area contributed by atoms with Crippen molar-refractivity contribution in [1.29, 1.82) is 0 Å². The van der Waals surface area contributed by atoms with E-state index in [-0.39, 0.29) is 0 Å². The number of alkyl halides is 2. The van der Waals surface area contributed by atoms with E-state index >= 15 is 0 Å². The molecule has 0 bridgehead atoms. The molecule has 98 valence electrons. The molecule has 0 amide bonds. The second kappa shape index (κ2) is 6.00. The molecule has 2 rings (SSSR count). The summed E-state index contributed by atoms with van der Waals surface area (Å²) in [6, 6.07) is 5.15. The third-order valence-electron chi connectivity index (χ3n) is 2.44. The number of ether oxygens (including phenoxy) is 1. The summed E-state index contributed by atoms with van der Waals surface area (Å²) in [5.41, 5.74) is 1.29. The molecule has 0 saturated carbocycles. The molecule has 0 unspecified atom stereocenters. The Bertz CT molecular complexity index is 452. The third kappa shape index (κ3) is 3.32. The molecule has 1 aromatic rings. The lowest BCUT2D eigenvalue weighted by Crippen LogP contribution is -2.05. The van der Waals surface area contributed by atoms with Crippen LogP contribution in [0, 0.1) is 0 Å². The first-order valence-corrected chi connectivity index (χ1v) is 5.94. The predicted molar refractivity (Wildman–Crippen MR) is 64.7 cm³/mol. The van der Waals surface area contributed by atoms with Gasteiger partial charge in [-0.2, -0.15) is 0 Å². The van der Waals surface area contributed by atoms with Gasteiger partial charge in [0.05, 0.1) is 12.3 Å². The molecule has 1 aromatic carbocycles. The lowest BCUT2D eigenvalue weighted by Gasteiger charge is -2.08. The lowest BCUT2D eigenvalue weighted by molar-refractivity contribution is 0.0201. The van der Waals surface area contributed by atoms with Gasteiger partial charge in [-0.1, -0.05) is 16.8 Å². The fourth-order valence-electron chi connectivity index (χ4n) is 1.68. The first-order chi connectivity index (χ1) is 8.66. The van der Waals surface area contributed by atoms with Crippen molar-refractivity contribution in [3.8, 4) is 5.75 Å². The molecule has 0 fully saturated rings. The fraction of sp³-hybridized carbons (Fsp3) is 0.417. The van der Waals surface area contributed by atoms with Crippen LogP contribution in [0.5, 0.6) is 5.75 Å². The number of halogens is 3. The molecule has 1 heterocycles. The minimum absolute atomic E-state index is 0.542. The number of nitrogens with zero attached hydrogens (tertiary/aromatic N) is 1. The second-order valence-electron chi connectivity index (χ2n) is 3.82. The van der Waals surface area contributed by atoms with E-state index in [9.17, 15) is 8.78 Å². The Hall–Kier alpha value is -1.36. The van der Waals surface area contributed by atoms with Gasteiger partial charge in [0.25, 0.3) is 6.43 Å². The van der Waals surface area contributed by atoms with E-state index in [1.54, 1.807) is 18.2 Å². The highest BCUT2D eigenvalue weighted by Crippen LogP contribution is 2.27. The van der Waals surface area contributed by atoms with Gasteiger partial charge in [0, 0.05) is 10.6 Å².